The van der Waals surface area contributed by atoms with E-state index in [1.54, 1.807) is 0 Å². The Morgan fingerprint density at radius 2 is 2.36 bits per heavy atom. The van der Waals surface area contributed by atoms with E-state index < -0.39 is 5.97 Å². The van der Waals surface area contributed by atoms with Crippen molar-refractivity contribution in [1.29, 1.82) is 0 Å². The maximum absolute atomic E-state index is 10.6. The third kappa shape index (κ3) is 1.78. The largest absolute Gasteiger partial charge is 0.389 e. The first-order chi connectivity index (χ1) is 5.34. The molecule has 0 aliphatic heterocycles. The summed E-state index contributed by atoms with van der Waals surface area (Å²) in [5, 5.41) is 1.94. The fraction of sp³-hybridized carbons (Fsp3) is 0. The third-order valence-electron chi connectivity index (χ3n) is 0.892. The van der Waals surface area contributed by atoms with E-state index in [4.69, 9.17) is 0 Å². The van der Waals surface area contributed by atoms with Crippen LogP contribution >= 0.6 is 0 Å². The lowest BCUT2D eigenvalue weighted by atomic mass is 10.5. The molecule has 6 heteroatoms. The van der Waals surface area contributed by atoms with E-state index >= 15 is 0 Å². The lowest BCUT2D eigenvalue weighted by Gasteiger charge is -1.90. The molecule has 0 N–H and O–H groups in total. The molecule has 0 unspecified atom stereocenters. The number of aromatic nitrogens is 2. The molecule has 1 aromatic heterocycles. The van der Waals surface area contributed by atoms with Crippen molar-refractivity contribution in [2.24, 2.45) is 5.34 Å². The molecular formula is C5H3N3O3. The molecule has 0 spiro atoms. The van der Waals surface area contributed by atoms with Crippen molar-refractivity contribution in [3.63, 3.8) is 0 Å². The maximum atomic E-state index is 10.6. The standard InChI is InChI=1S/C5H3N3O3/c9-5(11-8-10)4-3-6-1-2-7-4/h1-3H. The van der Waals surface area contributed by atoms with Crippen LogP contribution < -0.4 is 0 Å². The molecule has 11 heavy (non-hydrogen) atoms. The van der Waals surface area contributed by atoms with Crippen LogP contribution in [0.5, 0.6) is 0 Å². The predicted octanol–water partition coefficient (Wildman–Crippen LogP) is 0.315. The summed E-state index contributed by atoms with van der Waals surface area (Å²) in [7, 11) is 0. The molecule has 0 radical (unpaired) electrons. The molecule has 1 heterocycles. The number of nitrogens with zero attached hydrogens (tertiary/aromatic N) is 3. The van der Waals surface area contributed by atoms with Crippen molar-refractivity contribution in [2.45, 2.75) is 0 Å². The van der Waals surface area contributed by atoms with E-state index in [0.717, 1.165) is 0 Å². The van der Waals surface area contributed by atoms with Gasteiger partial charge in [0.1, 0.15) is 0 Å². The van der Waals surface area contributed by atoms with Crippen molar-refractivity contribution < 1.29 is 9.63 Å². The quantitative estimate of drug-likeness (QED) is 0.451. The molecular weight excluding hydrogens is 150 g/mol. The lowest BCUT2D eigenvalue weighted by Crippen LogP contribution is -2.02. The second kappa shape index (κ2) is 3.35. The Bertz CT molecular complexity index is 261. The van der Waals surface area contributed by atoms with E-state index in [1.165, 1.54) is 18.6 Å². The first-order valence-electron chi connectivity index (χ1n) is 2.64. The van der Waals surface area contributed by atoms with Crippen LogP contribution in [0.1, 0.15) is 10.5 Å². The van der Waals surface area contributed by atoms with E-state index in [0.29, 0.717) is 0 Å². The van der Waals surface area contributed by atoms with Gasteiger partial charge in [0.2, 0.25) is 0 Å². The summed E-state index contributed by atoms with van der Waals surface area (Å²) in [4.78, 5) is 31.0. The van der Waals surface area contributed by atoms with Gasteiger partial charge in [-0.1, -0.05) is 0 Å². The SMILES string of the molecule is O=NOC(=O)c1cnccn1. The second-order valence-corrected chi connectivity index (χ2v) is 1.54. The highest BCUT2D eigenvalue weighted by molar-refractivity contribution is 5.86. The van der Waals surface area contributed by atoms with Gasteiger partial charge in [0, 0.05) is 12.4 Å². The molecule has 0 saturated carbocycles. The van der Waals surface area contributed by atoms with Crippen LogP contribution in [-0.4, -0.2) is 15.9 Å². The van der Waals surface area contributed by atoms with E-state index in [2.05, 4.69) is 14.8 Å². The van der Waals surface area contributed by atoms with Crippen LogP contribution in [0.15, 0.2) is 23.9 Å². The van der Waals surface area contributed by atoms with Crippen molar-refractivity contribution in [2.75, 3.05) is 0 Å². The van der Waals surface area contributed by atoms with Gasteiger partial charge < -0.3 is 0 Å². The van der Waals surface area contributed by atoms with Gasteiger partial charge in [0.25, 0.3) is 0 Å². The Hall–Kier alpha value is -1.85. The van der Waals surface area contributed by atoms with Crippen LogP contribution in [0.4, 0.5) is 0 Å². The van der Waals surface area contributed by atoms with E-state index in [-0.39, 0.29) is 5.69 Å². The minimum atomic E-state index is -0.909. The molecule has 1 rings (SSSR count). The van der Waals surface area contributed by atoms with Gasteiger partial charge in [0.05, 0.1) is 6.20 Å². The van der Waals surface area contributed by atoms with Crippen LogP contribution in [0.2, 0.25) is 0 Å². The van der Waals surface area contributed by atoms with Crippen LogP contribution in [0.25, 0.3) is 0 Å². The number of rotatable bonds is 2. The zero-order valence-electron chi connectivity index (χ0n) is 5.30. The molecule has 0 saturated heterocycles. The number of carbonyl (C=O) groups excluding carboxylic acids is 1. The predicted molar refractivity (Wildman–Crippen MR) is 33.2 cm³/mol. The van der Waals surface area contributed by atoms with Crippen LogP contribution in [-0.2, 0) is 4.84 Å². The van der Waals surface area contributed by atoms with Gasteiger partial charge in [-0.15, -0.1) is 4.91 Å². The zero-order valence-corrected chi connectivity index (χ0v) is 5.30. The Balaban J connectivity index is 2.77. The molecule has 56 valence electrons. The van der Waals surface area contributed by atoms with Gasteiger partial charge in [-0.05, 0) is 0 Å². The molecule has 0 fully saturated rings. The summed E-state index contributed by atoms with van der Waals surface area (Å²) in [6.45, 7) is 0. The lowest BCUT2D eigenvalue weighted by molar-refractivity contribution is 0.0501. The van der Waals surface area contributed by atoms with Crippen molar-refractivity contribution >= 4 is 5.97 Å². The van der Waals surface area contributed by atoms with Gasteiger partial charge in [-0.25, -0.2) is 9.78 Å². The molecule has 6 nitrogen and oxygen atoms in total. The van der Waals surface area contributed by atoms with Gasteiger partial charge in [0.15, 0.2) is 11.0 Å². The average Bonchev–Trinajstić information content (AvgIpc) is 2.07. The Labute approximate surface area is 61.2 Å². The summed E-state index contributed by atoms with van der Waals surface area (Å²) in [5.74, 6) is -0.909. The highest BCUT2D eigenvalue weighted by atomic mass is 16.7. The highest BCUT2D eigenvalue weighted by Crippen LogP contribution is 1.93. The van der Waals surface area contributed by atoms with E-state index in [1.807, 2.05) is 5.34 Å². The summed E-state index contributed by atoms with van der Waals surface area (Å²) < 4.78 is 0. The summed E-state index contributed by atoms with van der Waals surface area (Å²) >= 11 is 0. The minimum absolute atomic E-state index is 0.0490. The molecule has 0 atom stereocenters. The number of carbonyl (C=O) groups is 1. The van der Waals surface area contributed by atoms with Crippen LogP contribution in [0, 0.1) is 4.91 Å². The smallest absolute Gasteiger partial charge is 0.277 e. The minimum Gasteiger partial charge on any atom is -0.277 e. The summed E-state index contributed by atoms with van der Waals surface area (Å²) in [6, 6.07) is 0. The molecule has 0 bridgehead atoms. The van der Waals surface area contributed by atoms with E-state index in [9.17, 15) is 9.70 Å². The zero-order chi connectivity index (χ0) is 8.10. The fourth-order valence-electron chi connectivity index (χ4n) is 0.485. The first-order valence-corrected chi connectivity index (χ1v) is 2.64. The van der Waals surface area contributed by atoms with Crippen LogP contribution in [0.3, 0.4) is 0 Å². The Morgan fingerprint density at radius 1 is 1.55 bits per heavy atom. The number of hydrogen-bond donors (Lipinski definition) is 0. The van der Waals surface area contributed by atoms with Crippen molar-refractivity contribution in [3.8, 4) is 0 Å². The number of hydrogen-bond acceptors (Lipinski definition) is 6. The molecule has 0 amide bonds. The highest BCUT2D eigenvalue weighted by Gasteiger charge is 2.07. The normalized spacial score (nSPS) is 8.73. The Morgan fingerprint density at radius 3 is 2.91 bits per heavy atom. The molecule has 0 aromatic carbocycles. The first kappa shape index (κ1) is 7.26. The van der Waals surface area contributed by atoms with Gasteiger partial charge in [-0.3, -0.25) is 9.82 Å². The maximum Gasteiger partial charge on any atom is 0.389 e. The topological polar surface area (TPSA) is 81.5 Å². The molecule has 1 aromatic rings. The van der Waals surface area contributed by atoms with Crippen molar-refractivity contribution in [3.05, 3.63) is 29.2 Å². The summed E-state index contributed by atoms with van der Waals surface area (Å²) in [5.41, 5.74) is -0.0490. The molecule has 0 aliphatic carbocycles. The third-order valence-corrected chi connectivity index (χ3v) is 0.892. The van der Waals surface area contributed by atoms with Gasteiger partial charge >= 0.3 is 5.97 Å². The monoisotopic (exact) mass is 153 g/mol. The average molecular weight is 153 g/mol. The fourth-order valence-corrected chi connectivity index (χ4v) is 0.485. The summed E-state index contributed by atoms with van der Waals surface area (Å²) in [6.07, 6.45) is 3.88. The Kier molecular flexibility index (Phi) is 2.21. The molecule has 0 aliphatic rings. The van der Waals surface area contributed by atoms with Crippen molar-refractivity contribution in [1.82, 2.24) is 9.97 Å². The van der Waals surface area contributed by atoms with Gasteiger partial charge in [-0.2, -0.15) is 0 Å². The second-order valence-electron chi connectivity index (χ2n) is 1.54.